The molecule has 0 aliphatic rings. The average molecular weight is 256 g/mol. The molecule has 2 aromatic rings. The van der Waals surface area contributed by atoms with E-state index < -0.39 is 0 Å². The summed E-state index contributed by atoms with van der Waals surface area (Å²) in [4.78, 5) is 13.5. The highest BCUT2D eigenvalue weighted by Gasteiger charge is 2.14. The Hall–Kier alpha value is -1.97. The Labute approximate surface area is 114 Å². The Morgan fingerprint density at radius 3 is 2.37 bits per heavy atom. The maximum Gasteiger partial charge on any atom is 0.163 e. The van der Waals surface area contributed by atoms with E-state index in [1.807, 2.05) is 39.2 Å². The van der Waals surface area contributed by atoms with Gasteiger partial charge in [-0.05, 0) is 31.9 Å². The van der Waals surface area contributed by atoms with E-state index in [2.05, 4.69) is 34.1 Å². The Balaban J connectivity index is 2.54. The molecule has 2 rings (SSSR count). The number of aryl methyl sites for hydroxylation is 2. The largest absolute Gasteiger partial charge is 0.373 e. The fourth-order valence-electron chi connectivity index (χ4n) is 2.19. The van der Waals surface area contributed by atoms with Gasteiger partial charge in [-0.3, -0.25) is 4.98 Å². The van der Waals surface area contributed by atoms with Crippen LogP contribution < -0.4 is 5.32 Å². The van der Waals surface area contributed by atoms with Gasteiger partial charge in [0.05, 0.1) is 0 Å². The molecular formula is C15H20N4. The summed E-state index contributed by atoms with van der Waals surface area (Å²) >= 11 is 0. The van der Waals surface area contributed by atoms with Gasteiger partial charge >= 0.3 is 0 Å². The predicted octanol–water partition coefficient (Wildman–Crippen LogP) is 3.32. The highest BCUT2D eigenvalue weighted by molar-refractivity contribution is 5.59. The summed E-state index contributed by atoms with van der Waals surface area (Å²) in [5.41, 5.74) is 4.13. The zero-order valence-corrected chi connectivity index (χ0v) is 12.2. The minimum absolute atomic E-state index is 0.396. The third kappa shape index (κ3) is 2.72. The summed E-state index contributed by atoms with van der Waals surface area (Å²) in [5.74, 6) is 2.02. The molecule has 0 saturated carbocycles. The van der Waals surface area contributed by atoms with Gasteiger partial charge in [-0.15, -0.1) is 0 Å². The number of nitrogens with one attached hydrogen (secondary N) is 1. The highest BCUT2D eigenvalue weighted by Crippen LogP contribution is 2.27. The van der Waals surface area contributed by atoms with Crippen molar-refractivity contribution in [1.82, 2.24) is 15.0 Å². The van der Waals surface area contributed by atoms with Crippen molar-refractivity contribution >= 4 is 5.82 Å². The van der Waals surface area contributed by atoms with Crippen molar-refractivity contribution in [1.29, 1.82) is 0 Å². The molecule has 0 bridgehead atoms. The Morgan fingerprint density at radius 2 is 1.84 bits per heavy atom. The second kappa shape index (κ2) is 5.34. The molecule has 2 aromatic heterocycles. The second-order valence-corrected chi connectivity index (χ2v) is 4.99. The van der Waals surface area contributed by atoms with E-state index in [4.69, 9.17) is 0 Å². The van der Waals surface area contributed by atoms with Crippen molar-refractivity contribution in [3.05, 3.63) is 35.3 Å². The van der Waals surface area contributed by atoms with E-state index in [9.17, 15) is 0 Å². The van der Waals surface area contributed by atoms with Crippen molar-refractivity contribution in [3.8, 4) is 11.4 Å². The molecule has 0 unspecified atom stereocenters. The van der Waals surface area contributed by atoms with Gasteiger partial charge in [-0.25, -0.2) is 9.97 Å². The molecule has 4 nitrogen and oxygen atoms in total. The minimum atomic E-state index is 0.396. The monoisotopic (exact) mass is 256 g/mol. The van der Waals surface area contributed by atoms with Crippen LogP contribution in [0.1, 0.15) is 36.7 Å². The van der Waals surface area contributed by atoms with E-state index in [1.165, 1.54) is 5.56 Å². The second-order valence-electron chi connectivity index (χ2n) is 4.99. The maximum absolute atomic E-state index is 4.61. The molecule has 1 N–H and O–H groups in total. The van der Waals surface area contributed by atoms with Gasteiger partial charge < -0.3 is 5.32 Å². The smallest absolute Gasteiger partial charge is 0.163 e. The van der Waals surface area contributed by atoms with Crippen LogP contribution in [0, 0.1) is 13.8 Å². The summed E-state index contributed by atoms with van der Waals surface area (Å²) < 4.78 is 0. The topological polar surface area (TPSA) is 50.7 Å². The van der Waals surface area contributed by atoms with E-state index in [1.54, 1.807) is 0 Å². The number of hydrogen-bond acceptors (Lipinski definition) is 4. The van der Waals surface area contributed by atoms with Gasteiger partial charge in [-0.1, -0.05) is 13.8 Å². The van der Waals surface area contributed by atoms with Crippen LogP contribution in [0.2, 0.25) is 0 Å². The zero-order chi connectivity index (χ0) is 14.0. The predicted molar refractivity (Wildman–Crippen MR) is 78.4 cm³/mol. The number of pyridine rings is 1. The molecule has 2 heterocycles. The van der Waals surface area contributed by atoms with E-state index in [-0.39, 0.29) is 0 Å². The summed E-state index contributed by atoms with van der Waals surface area (Å²) in [6.07, 6.45) is 1.82. The molecule has 0 spiro atoms. The average Bonchev–Trinajstić information content (AvgIpc) is 2.38. The molecule has 0 aromatic carbocycles. The number of rotatable bonds is 3. The van der Waals surface area contributed by atoms with Crippen LogP contribution in [0.4, 0.5) is 5.82 Å². The fourth-order valence-corrected chi connectivity index (χ4v) is 2.19. The summed E-state index contributed by atoms with van der Waals surface area (Å²) in [6, 6.07) is 3.98. The fraction of sp³-hybridized carbons (Fsp3) is 0.400. The van der Waals surface area contributed by atoms with Gasteiger partial charge in [0.15, 0.2) is 5.82 Å². The number of anilines is 1. The van der Waals surface area contributed by atoms with Crippen LogP contribution in [-0.4, -0.2) is 22.0 Å². The SMILES string of the molecule is CNc1nc(-c2ccc(C)nc2)nc(C)c1C(C)C. The normalized spacial score (nSPS) is 10.8. The standard InChI is InChI=1S/C15H20N4/c1-9(2)13-11(4)18-14(19-15(13)16-5)12-7-6-10(3)17-8-12/h6-9H,1-5H3,(H,16,18,19). The van der Waals surface area contributed by atoms with Crippen LogP contribution in [0.25, 0.3) is 11.4 Å². The first-order valence-corrected chi connectivity index (χ1v) is 6.52. The van der Waals surface area contributed by atoms with Gasteiger partial charge in [0.1, 0.15) is 5.82 Å². The molecule has 0 amide bonds. The zero-order valence-electron chi connectivity index (χ0n) is 12.2. The molecule has 0 atom stereocenters. The first-order valence-electron chi connectivity index (χ1n) is 6.52. The van der Waals surface area contributed by atoms with Crippen LogP contribution in [0.3, 0.4) is 0 Å². The Morgan fingerprint density at radius 1 is 1.11 bits per heavy atom. The minimum Gasteiger partial charge on any atom is -0.373 e. The van der Waals surface area contributed by atoms with Crippen LogP contribution in [0.5, 0.6) is 0 Å². The molecule has 19 heavy (non-hydrogen) atoms. The first-order chi connectivity index (χ1) is 9.02. The third-order valence-corrected chi connectivity index (χ3v) is 3.12. The lowest BCUT2D eigenvalue weighted by atomic mass is 10.0. The molecule has 0 radical (unpaired) electrons. The van der Waals surface area contributed by atoms with Crippen molar-refractivity contribution < 1.29 is 0 Å². The third-order valence-electron chi connectivity index (χ3n) is 3.12. The lowest BCUT2D eigenvalue weighted by Crippen LogP contribution is -2.07. The van der Waals surface area contributed by atoms with Gasteiger partial charge in [0, 0.05) is 35.8 Å². The van der Waals surface area contributed by atoms with Gasteiger partial charge in [0.2, 0.25) is 0 Å². The molecule has 0 aliphatic heterocycles. The quantitative estimate of drug-likeness (QED) is 0.915. The van der Waals surface area contributed by atoms with E-state index >= 15 is 0 Å². The highest BCUT2D eigenvalue weighted by atomic mass is 15.0. The molecule has 0 aliphatic carbocycles. The number of nitrogens with zero attached hydrogens (tertiary/aromatic N) is 3. The van der Waals surface area contributed by atoms with Crippen molar-refractivity contribution in [3.63, 3.8) is 0 Å². The lowest BCUT2D eigenvalue weighted by molar-refractivity contribution is 0.833. The first kappa shape index (κ1) is 13.5. The lowest BCUT2D eigenvalue weighted by Gasteiger charge is -2.15. The molecule has 0 saturated heterocycles. The van der Waals surface area contributed by atoms with Crippen LogP contribution >= 0.6 is 0 Å². The van der Waals surface area contributed by atoms with Crippen molar-refractivity contribution in [2.75, 3.05) is 12.4 Å². The van der Waals surface area contributed by atoms with Gasteiger partial charge in [-0.2, -0.15) is 0 Å². The van der Waals surface area contributed by atoms with E-state index in [0.717, 1.165) is 28.6 Å². The summed E-state index contributed by atoms with van der Waals surface area (Å²) in [6.45, 7) is 8.30. The van der Waals surface area contributed by atoms with Crippen molar-refractivity contribution in [2.45, 2.75) is 33.6 Å². The Kier molecular flexibility index (Phi) is 3.79. The molecular weight excluding hydrogens is 236 g/mol. The number of hydrogen-bond donors (Lipinski definition) is 1. The molecule has 0 fully saturated rings. The summed E-state index contributed by atoms with van der Waals surface area (Å²) in [7, 11) is 1.89. The molecule has 4 heteroatoms. The van der Waals surface area contributed by atoms with Gasteiger partial charge in [0.25, 0.3) is 0 Å². The Bertz CT molecular complexity index is 573. The number of aromatic nitrogens is 3. The summed E-state index contributed by atoms with van der Waals surface area (Å²) in [5, 5.41) is 3.17. The van der Waals surface area contributed by atoms with E-state index in [0.29, 0.717) is 5.92 Å². The maximum atomic E-state index is 4.61. The van der Waals surface area contributed by atoms with Crippen LogP contribution in [0.15, 0.2) is 18.3 Å². The van der Waals surface area contributed by atoms with Crippen molar-refractivity contribution in [2.24, 2.45) is 0 Å². The van der Waals surface area contributed by atoms with Crippen LogP contribution in [-0.2, 0) is 0 Å². The molecule has 100 valence electrons.